The molecule has 0 radical (unpaired) electrons. The van der Waals surface area contributed by atoms with E-state index in [1.165, 1.54) is 0 Å². The molecule has 0 saturated heterocycles. The SMILES string of the molecule is COc1cc(CNC2CCCC2CNC(=O)OC(C)(C)C)ccc1O. The van der Waals surface area contributed by atoms with Crippen molar-refractivity contribution in [3.05, 3.63) is 23.8 Å². The van der Waals surface area contributed by atoms with Crippen LogP contribution in [-0.2, 0) is 11.3 Å². The van der Waals surface area contributed by atoms with Crippen molar-refractivity contribution in [3.8, 4) is 11.5 Å². The first-order valence-corrected chi connectivity index (χ1v) is 8.84. The Morgan fingerprint density at radius 2 is 2.08 bits per heavy atom. The van der Waals surface area contributed by atoms with E-state index in [0.717, 1.165) is 24.8 Å². The average Bonchev–Trinajstić information content (AvgIpc) is 2.98. The molecular weight excluding hydrogens is 320 g/mol. The monoisotopic (exact) mass is 350 g/mol. The molecule has 0 aromatic heterocycles. The minimum absolute atomic E-state index is 0.145. The molecule has 0 spiro atoms. The number of alkyl carbamates (subject to hydrolysis) is 1. The van der Waals surface area contributed by atoms with Gasteiger partial charge in [0.15, 0.2) is 11.5 Å². The molecule has 25 heavy (non-hydrogen) atoms. The van der Waals surface area contributed by atoms with E-state index < -0.39 is 5.60 Å². The fourth-order valence-electron chi connectivity index (χ4n) is 3.16. The first-order chi connectivity index (χ1) is 11.8. The second-order valence-electron chi connectivity index (χ2n) is 7.57. The zero-order chi connectivity index (χ0) is 18.4. The van der Waals surface area contributed by atoms with Crippen LogP contribution in [0, 0.1) is 5.92 Å². The maximum Gasteiger partial charge on any atom is 0.407 e. The number of nitrogens with one attached hydrogen (secondary N) is 2. The summed E-state index contributed by atoms with van der Waals surface area (Å²) in [6, 6.07) is 5.72. The van der Waals surface area contributed by atoms with Gasteiger partial charge in [-0.3, -0.25) is 0 Å². The highest BCUT2D eigenvalue weighted by Crippen LogP contribution is 2.28. The second kappa shape index (κ2) is 8.43. The normalized spacial score (nSPS) is 20.3. The van der Waals surface area contributed by atoms with E-state index in [0.29, 0.717) is 30.8 Å². The van der Waals surface area contributed by atoms with Crippen LogP contribution in [0.3, 0.4) is 0 Å². The van der Waals surface area contributed by atoms with E-state index in [9.17, 15) is 9.90 Å². The first kappa shape index (κ1) is 19.4. The van der Waals surface area contributed by atoms with Crippen molar-refractivity contribution >= 4 is 6.09 Å². The molecule has 2 rings (SSSR count). The molecule has 2 unspecified atom stereocenters. The third kappa shape index (κ3) is 6.12. The standard InChI is InChI=1S/C19H30N2O4/c1-19(2,3)25-18(23)21-12-14-6-5-7-15(14)20-11-13-8-9-16(22)17(10-13)24-4/h8-10,14-15,20,22H,5-7,11-12H2,1-4H3,(H,21,23). The van der Waals surface area contributed by atoms with Gasteiger partial charge in [-0.2, -0.15) is 0 Å². The fraction of sp³-hybridized carbons (Fsp3) is 0.632. The highest BCUT2D eigenvalue weighted by Gasteiger charge is 2.27. The lowest BCUT2D eigenvalue weighted by molar-refractivity contribution is 0.0517. The van der Waals surface area contributed by atoms with Gasteiger partial charge < -0.3 is 25.2 Å². The lowest BCUT2D eigenvalue weighted by Crippen LogP contribution is -2.40. The van der Waals surface area contributed by atoms with Crippen LogP contribution in [0.1, 0.15) is 45.6 Å². The third-order valence-corrected chi connectivity index (χ3v) is 4.38. The van der Waals surface area contributed by atoms with E-state index in [1.54, 1.807) is 13.2 Å². The molecule has 1 aliphatic carbocycles. The van der Waals surface area contributed by atoms with Crippen LogP contribution in [0.25, 0.3) is 0 Å². The summed E-state index contributed by atoms with van der Waals surface area (Å²) in [6.45, 7) is 6.89. The molecule has 0 aliphatic heterocycles. The molecular formula is C19H30N2O4. The Balaban J connectivity index is 1.82. The number of methoxy groups -OCH3 is 1. The molecule has 3 N–H and O–H groups in total. The predicted octanol–water partition coefficient (Wildman–Crippen LogP) is 3.18. The Morgan fingerprint density at radius 1 is 1.32 bits per heavy atom. The summed E-state index contributed by atoms with van der Waals surface area (Å²) < 4.78 is 10.4. The number of benzene rings is 1. The van der Waals surface area contributed by atoms with Crippen LogP contribution < -0.4 is 15.4 Å². The molecule has 6 nitrogen and oxygen atoms in total. The van der Waals surface area contributed by atoms with Gasteiger partial charge in [-0.25, -0.2) is 4.79 Å². The minimum Gasteiger partial charge on any atom is -0.504 e. The Kier molecular flexibility index (Phi) is 6.53. The van der Waals surface area contributed by atoms with Gasteiger partial charge in [-0.05, 0) is 57.2 Å². The summed E-state index contributed by atoms with van der Waals surface area (Å²) in [5.74, 6) is 1.02. The van der Waals surface area contributed by atoms with E-state index in [2.05, 4.69) is 10.6 Å². The number of carbonyl (C=O) groups is 1. The average molecular weight is 350 g/mol. The van der Waals surface area contributed by atoms with Crippen LogP contribution in [0.5, 0.6) is 11.5 Å². The molecule has 6 heteroatoms. The Labute approximate surface area is 149 Å². The Hall–Kier alpha value is -1.95. The largest absolute Gasteiger partial charge is 0.504 e. The molecule has 140 valence electrons. The van der Waals surface area contributed by atoms with Crippen LogP contribution >= 0.6 is 0 Å². The van der Waals surface area contributed by atoms with Crippen molar-refractivity contribution in [2.24, 2.45) is 5.92 Å². The summed E-state index contributed by atoms with van der Waals surface area (Å²) in [6.07, 6.45) is 2.97. The molecule has 1 amide bonds. The molecule has 1 aliphatic rings. The van der Waals surface area contributed by atoms with E-state index in [-0.39, 0.29) is 11.8 Å². The van der Waals surface area contributed by atoms with E-state index in [4.69, 9.17) is 9.47 Å². The highest BCUT2D eigenvalue weighted by atomic mass is 16.6. The zero-order valence-electron chi connectivity index (χ0n) is 15.6. The predicted molar refractivity (Wildman–Crippen MR) is 96.9 cm³/mol. The van der Waals surface area contributed by atoms with Gasteiger partial charge >= 0.3 is 6.09 Å². The zero-order valence-corrected chi connectivity index (χ0v) is 15.6. The Bertz CT molecular complexity index is 583. The third-order valence-electron chi connectivity index (χ3n) is 4.38. The van der Waals surface area contributed by atoms with Gasteiger partial charge in [0.25, 0.3) is 0 Å². The van der Waals surface area contributed by atoms with Crippen molar-refractivity contribution in [1.29, 1.82) is 0 Å². The number of hydrogen-bond acceptors (Lipinski definition) is 5. The number of carbonyl (C=O) groups excluding carboxylic acids is 1. The molecule has 1 saturated carbocycles. The lowest BCUT2D eigenvalue weighted by atomic mass is 10.0. The summed E-state index contributed by atoms with van der Waals surface area (Å²) in [7, 11) is 1.54. The van der Waals surface area contributed by atoms with Gasteiger partial charge in [-0.1, -0.05) is 12.5 Å². The molecule has 2 atom stereocenters. The van der Waals surface area contributed by atoms with E-state index in [1.807, 2.05) is 32.9 Å². The maximum atomic E-state index is 11.8. The van der Waals surface area contributed by atoms with Gasteiger partial charge in [0.1, 0.15) is 5.60 Å². The number of aromatic hydroxyl groups is 1. The fourth-order valence-corrected chi connectivity index (χ4v) is 3.16. The summed E-state index contributed by atoms with van der Waals surface area (Å²) in [5, 5.41) is 16.1. The molecule has 1 aromatic carbocycles. The lowest BCUT2D eigenvalue weighted by Gasteiger charge is -2.24. The van der Waals surface area contributed by atoms with Crippen molar-refractivity contribution in [1.82, 2.24) is 10.6 Å². The topological polar surface area (TPSA) is 79.8 Å². The quantitative estimate of drug-likeness (QED) is 0.734. The van der Waals surface area contributed by atoms with Gasteiger partial charge in [0, 0.05) is 19.1 Å². The maximum absolute atomic E-state index is 11.8. The van der Waals surface area contributed by atoms with Crippen molar-refractivity contribution in [2.45, 2.75) is 58.2 Å². The molecule has 0 heterocycles. The summed E-state index contributed by atoms with van der Waals surface area (Å²) in [4.78, 5) is 11.8. The number of phenols is 1. The highest BCUT2D eigenvalue weighted by molar-refractivity contribution is 5.67. The number of hydrogen-bond donors (Lipinski definition) is 3. The van der Waals surface area contributed by atoms with Crippen LogP contribution in [0.15, 0.2) is 18.2 Å². The van der Waals surface area contributed by atoms with Crippen LogP contribution in [0.4, 0.5) is 4.79 Å². The number of ether oxygens (including phenoxy) is 2. The summed E-state index contributed by atoms with van der Waals surface area (Å²) in [5.41, 5.74) is 0.579. The number of phenolic OH excluding ortho intramolecular Hbond substituents is 1. The van der Waals surface area contributed by atoms with Crippen molar-refractivity contribution in [2.75, 3.05) is 13.7 Å². The summed E-state index contributed by atoms with van der Waals surface area (Å²) >= 11 is 0. The van der Waals surface area contributed by atoms with Gasteiger partial charge in [0.05, 0.1) is 7.11 Å². The van der Waals surface area contributed by atoms with E-state index >= 15 is 0 Å². The molecule has 0 bridgehead atoms. The molecule has 1 fully saturated rings. The number of rotatable bonds is 6. The second-order valence-corrected chi connectivity index (χ2v) is 7.57. The minimum atomic E-state index is -0.477. The van der Waals surface area contributed by atoms with Crippen molar-refractivity contribution in [3.63, 3.8) is 0 Å². The molecule has 1 aromatic rings. The van der Waals surface area contributed by atoms with Gasteiger partial charge in [0.2, 0.25) is 0 Å². The van der Waals surface area contributed by atoms with Crippen LogP contribution in [0.2, 0.25) is 0 Å². The van der Waals surface area contributed by atoms with Crippen molar-refractivity contribution < 1.29 is 19.4 Å². The van der Waals surface area contributed by atoms with Gasteiger partial charge in [-0.15, -0.1) is 0 Å². The first-order valence-electron chi connectivity index (χ1n) is 8.84. The smallest absolute Gasteiger partial charge is 0.407 e. The van der Waals surface area contributed by atoms with Crippen LogP contribution in [-0.4, -0.2) is 36.5 Å². The number of amides is 1. The Morgan fingerprint density at radius 3 is 2.76 bits per heavy atom.